The molecule has 170 valence electrons. The van der Waals surface area contributed by atoms with Gasteiger partial charge in [0, 0.05) is 16.6 Å². The number of nitrogen functional groups attached to an aromatic ring is 1. The van der Waals surface area contributed by atoms with Gasteiger partial charge in [0.15, 0.2) is 0 Å². The minimum atomic E-state index is -0.677. The van der Waals surface area contributed by atoms with Crippen LogP contribution in [0.15, 0.2) is 72.8 Å². The summed E-state index contributed by atoms with van der Waals surface area (Å²) in [4.78, 5) is 26.8. The number of nitriles is 1. The first-order valence-corrected chi connectivity index (χ1v) is 10.4. The maximum absolute atomic E-state index is 12.1. The SMILES string of the molecule is N#Cc1c(N)[nH]c2ccc(Oc3ccc(NC(=O)CNC(=O)OCc4ccccc4)cc3)cc12. The Balaban J connectivity index is 1.27. The minimum absolute atomic E-state index is 0.123. The van der Waals surface area contributed by atoms with Crippen molar-refractivity contribution in [3.8, 4) is 17.6 Å². The third-order valence-electron chi connectivity index (χ3n) is 4.89. The number of carbonyl (C=O) groups is 2. The number of aromatic amines is 1. The van der Waals surface area contributed by atoms with Gasteiger partial charge in [-0.15, -0.1) is 0 Å². The number of anilines is 2. The summed E-state index contributed by atoms with van der Waals surface area (Å²) in [6.45, 7) is -0.106. The fraction of sp³-hybridized carbons (Fsp3) is 0.0800. The van der Waals surface area contributed by atoms with Crippen LogP contribution in [0.3, 0.4) is 0 Å². The molecule has 0 atom stereocenters. The number of carbonyl (C=O) groups excluding carboxylic acids is 2. The Kier molecular flexibility index (Phi) is 6.60. The third kappa shape index (κ3) is 5.44. The average molecular weight is 455 g/mol. The molecule has 0 unspecified atom stereocenters. The van der Waals surface area contributed by atoms with Crippen LogP contribution in [0.5, 0.6) is 11.5 Å². The van der Waals surface area contributed by atoms with Crippen molar-refractivity contribution in [2.24, 2.45) is 0 Å². The number of fused-ring (bicyclic) bond motifs is 1. The maximum atomic E-state index is 12.1. The van der Waals surface area contributed by atoms with Gasteiger partial charge in [-0.05, 0) is 48.0 Å². The lowest BCUT2D eigenvalue weighted by atomic mass is 10.1. The van der Waals surface area contributed by atoms with Crippen molar-refractivity contribution in [2.75, 3.05) is 17.6 Å². The minimum Gasteiger partial charge on any atom is -0.457 e. The topological polar surface area (TPSA) is 142 Å². The van der Waals surface area contributed by atoms with Gasteiger partial charge in [-0.1, -0.05) is 30.3 Å². The van der Waals surface area contributed by atoms with Crippen molar-refractivity contribution in [2.45, 2.75) is 6.61 Å². The lowest BCUT2D eigenvalue weighted by molar-refractivity contribution is -0.115. The smallest absolute Gasteiger partial charge is 0.407 e. The number of benzene rings is 3. The fourth-order valence-electron chi connectivity index (χ4n) is 3.25. The van der Waals surface area contributed by atoms with Crippen molar-refractivity contribution in [3.63, 3.8) is 0 Å². The Bertz CT molecular complexity index is 1360. The maximum Gasteiger partial charge on any atom is 0.407 e. The monoisotopic (exact) mass is 455 g/mol. The molecule has 5 N–H and O–H groups in total. The number of nitrogens with two attached hydrogens (primary N) is 1. The number of aromatic nitrogens is 1. The first kappa shape index (κ1) is 22.2. The van der Waals surface area contributed by atoms with Gasteiger partial charge in [-0.2, -0.15) is 5.26 Å². The van der Waals surface area contributed by atoms with Gasteiger partial charge in [0.25, 0.3) is 0 Å². The summed E-state index contributed by atoms with van der Waals surface area (Å²) >= 11 is 0. The van der Waals surface area contributed by atoms with E-state index in [0.717, 1.165) is 11.1 Å². The molecule has 1 heterocycles. The highest BCUT2D eigenvalue weighted by Gasteiger charge is 2.11. The van der Waals surface area contributed by atoms with Crippen molar-refractivity contribution in [3.05, 3.63) is 83.9 Å². The van der Waals surface area contributed by atoms with Crippen molar-refractivity contribution in [1.29, 1.82) is 5.26 Å². The van der Waals surface area contributed by atoms with Gasteiger partial charge >= 0.3 is 6.09 Å². The summed E-state index contributed by atoms with van der Waals surface area (Å²) in [5.41, 5.74) is 8.33. The second-order valence-corrected chi connectivity index (χ2v) is 7.32. The quantitative estimate of drug-likeness (QED) is 0.328. The van der Waals surface area contributed by atoms with Crippen molar-refractivity contribution in [1.82, 2.24) is 10.3 Å². The molecule has 0 saturated heterocycles. The number of amides is 2. The highest BCUT2D eigenvalue weighted by Crippen LogP contribution is 2.30. The average Bonchev–Trinajstić information content (AvgIpc) is 3.17. The number of rotatable bonds is 7. The summed E-state index contributed by atoms with van der Waals surface area (Å²) in [5.74, 6) is 0.999. The van der Waals surface area contributed by atoms with Crippen LogP contribution in [0.25, 0.3) is 10.9 Å². The van der Waals surface area contributed by atoms with E-state index in [1.807, 2.05) is 30.3 Å². The van der Waals surface area contributed by atoms with Gasteiger partial charge in [0.05, 0.1) is 0 Å². The zero-order valence-electron chi connectivity index (χ0n) is 18.0. The van der Waals surface area contributed by atoms with Crippen LogP contribution in [0.1, 0.15) is 11.1 Å². The number of nitrogens with one attached hydrogen (secondary N) is 3. The van der Waals surface area contributed by atoms with Crippen molar-refractivity contribution >= 4 is 34.4 Å². The molecular weight excluding hydrogens is 434 g/mol. The summed E-state index contributed by atoms with van der Waals surface area (Å²) in [6, 6.07) is 23.3. The van der Waals surface area contributed by atoms with Gasteiger partial charge in [-0.3, -0.25) is 4.79 Å². The second-order valence-electron chi connectivity index (χ2n) is 7.32. The lowest BCUT2D eigenvalue weighted by Crippen LogP contribution is -2.33. The molecule has 3 aromatic carbocycles. The van der Waals surface area contributed by atoms with Crippen LogP contribution in [0.2, 0.25) is 0 Å². The molecule has 0 bridgehead atoms. The van der Waals surface area contributed by atoms with E-state index >= 15 is 0 Å². The first-order valence-electron chi connectivity index (χ1n) is 10.4. The number of hydrogen-bond acceptors (Lipinski definition) is 6. The van der Waals surface area contributed by atoms with E-state index < -0.39 is 12.0 Å². The van der Waals surface area contributed by atoms with Crippen LogP contribution < -0.4 is 21.1 Å². The molecule has 0 spiro atoms. The van der Waals surface area contributed by atoms with E-state index in [1.165, 1.54) is 0 Å². The highest BCUT2D eigenvalue weighted by atomic mass is 16.5. The summed E-state index contributed by atoms with van der Waals surface area (Å²) in [7, 11) is 0. The standard InChI is InChI=1S/C25H21N5O4/c26-13-21-20-12-19(10-11-22(20)30-24(21)27)34-18-8-6-17(7-9-18)29-23(31)14-28-25(32)33-15-16-4-2-1-3-5-16/h1-12,30H,14-15,27H2,(H,28,32)(H,29,31). The Morgan fingerprint density at radius 2 is 1.74 bits per heavy atom. The molecule has 4 rings (SSSR count). The number of nitrogens with zero attached hydrogens (tertiary/aromatic N) is 1. The number of ether oxygens (including phenoxy) is 2. The Labute approximate surface area is 195 Å². The largest absolute Gasteiger partial charge is 0.457 e. The van der Waals surface area contributed by atoms with E-state index in [9.17, 15) is 14.9 Å². The molecular formula is C25H21N5O4. The molecule has 9 nitrogen and oxygen atoms in total. The second kappa shape index (κ2) is 10.1. The van der Waals surface area contributed by atoms with E-state index in [4.69, 9.17) is 15.2 Å². The predicted octanol–water partition coefficient (Wildman–Crippen LogP) is 4.28. The predicted molar refractivity (Wildman–Crippen MR) is 127 cm³/mol. The molecule has 0 aliphatic carbocycles. The van der Waals surface area contributed by atoms with Gasteiger partial charge in [0.2, 0.25) is 5.91 Å². The molecule has 0 saturated carbocycles. The molecule has 4 aromatic rings. The van der Waals surface area contributed by atoms with E-state index in [-0.39, 0.29) is 13.2 Å². The Hall–Kier alpha value is -4.97. The zero-order valence-corrected chi connectivity index (χ0v) is 18.0. The van der Waals surface area contributed by atoms with E-state index in [1.54, 1.807) is 42.5 Å². The molecule has 9 heteroatoms. The van der Waals surface area contributed by atoms with Crippen LogP contribution in [0.4, 0.5) is 16.3 Å². The van der Waals surface area contributed by atoms with Crippen LogP contribution in [-0.2, 0) is 16.1 Å². The number of H-pyrrole nitrogens is 1. The van der Waals surface area contributed by atoms with E-state index in [2.05, 4.69) is 21.7 Å². The van der Waals surface area contributed by atoms with Gasteiger partial charge in [-0.25, -0.2) is 4.79 Å². The molecule has 0 fully saturated rings. The third-order valence-corrected chi connectivity index (χ3v) is 4.89. The van der Waals surface area contributed by atoms with Crippen LogP contribution in [0, 0.1) is 11.3 Å². The van der Waals surface area contributed by atoms with Crippen LogP contribution in [-0.4, -0.2) is 23.5 Å². The molecule has 0 aliphatic heterocycles. The highest BCUT2D eigenvalue weighted by molar-refractivity contribution is 5.94. The zero-order chi connectivity index (χ0) is 23.9. The molecule has 2 amide bonds. The van der Waals surface area contributed by atoms with Crippen molar-refractivity contribution < 1.29 is 19.1 Å². The summed E-state index contributed by atoms with van der Waals surface area (Å²) < 4.78 is 10.9. The molecule has 0 aliphatic rings. The van der Waals surface area contributed by atoms with Gasteiger partial charge in [0.1, 0.15) is 42.1 Å². The van der Waals surface area contributed by atoms with E-state index in [0.29, 0.717) is 34.0 Å². The molecule has 0 radical (unpaired) electrons. The summed E-state index contributed by atoms with van der Waals surface area (Å²) in [6.07, 6.45) is -0.677. The lowest BCUT2D eigenvalue weighted by Gasteiger charge is -2.09. The molecule has 34 heavy (non-hydrogen) atoms. The molecule has 1 aromatic heterocycles. The Morgan fingerprint density at radius 3 is 2.47 bits per heavy atom. The van der Waals surface area contributed by atoms with Gasteiger partial charge < -0.3 is 30.8 Å². The normalized spacial score (nSPS) is 10.3. The number of hydrogen-bond donors (Lipinski definition) is 4. The summed E-state index contributed by atoms with van der Waals surface area (Å²) in [5, 5.41) is 15.0. The Morgan fingerprint density at radius 1 is 1.00 bits per heavy atom. The first-order chi connectivity index (χ1) is 16.5. The number of alkyl carbamates (subject to hydrolysis) is 1. The van der Waals surface area contributed by atoms with Crippen LogP contribution >= 0.6 is 0 Å². The fourth-order valence-corrected chi connectivity index (χ4v) is 3.25.